The number of hydrogen-bond acceptors (Lipinski definition) is 5. The monoisotopic (exact) mass is 302 g/mol. The fourth-order valence-corrected chi connectivity index (χ4v) is 2.68. The highest BCUT2D eigenvalue weighted by Crippen LogP contribution is 2.29. The fraction of sp³-hybridized carbons (Fsp3) is 0.375. The van der Waals surface area contributed by atoms with Gasteiger partial charge in [0, 0.05) is 13.0 Å². The second-order valence-corrected chi connectivity index (χ2v) is 5.39. The van der Waals surface area contributed by atoms with E-state index in [0.717, 1.165) is 4.90 Å². The van der Waals surface area contributed by atoms with Crippen LogP contribution in [0.2, 0.25) is 0 Å². The van der Waals surface area contributed by atoms with E-state index >= 15 is 0 Å². The number of nitrogens with two attached hydrogens (primary N) is 1. The van der Waals surface area contributed by atoms with E-state index < -0.39 is 17.9 Å². The van der Waals surface area contributed by atoms with Gasteiger partial charge in [-0.2, -0.15) is 0 Å². The normalized spacial score (nSPS) is 15.0. The maximum Gasteiger partial charge on any atom is 0.262 e. The van der Waals surface area contributed by atoms with Gasteiger partial charge in [0.15, 0.2) is 5.78 Å². The largest absolute Gasteiger partial charge is 0.326 e. The average Bonchev–Trinajstić information content (AvgIpc) is 2.72. The van der Waals surface area contributed by atoms with E-state index in [1.807, 2.05) is 0 Å². The Morgan fingerprint density at radius 2 is 1.86 bits per heavy atom. The molecule has 0 spiro atoms. The van der Waals surface area contributed by atoms with Crippen molar-refractivity contribution >= 4 is 23.4 Å². The first-order valence-corrected chi connectivity index (χ1v) is 7.08. The number of imide groups is 1. The van der Waals surface area contributed by atoms with Crippen LogP contribution in [0.1, 0.15) is 53.0 Å². The number of carbonyl (C=O) groups excluding carboxylic acids is 4. The quantitative estimate of drug-likeness (QED) is 0.793. The topological polar surface area (TPSA) is 97.5 Å². The zero-order valence-electron chi connectivity index (χ0n) is 12.6. The molecule has 6 heteroatoms. The Bertz CT molecular complexity index is 666. The van der Waals surface area contributed by atoms with E-state index in [4.69, 9.17) is 5.73 Å². The number of ketones is 2. The molecule has 0 aliphatic carbocycles. The minimum absolute atomic E-state index is 0.0921. The van der Waals surface area contributed by atoms with Crippen molar-refractivity contribution in [1.82, 2.24) is 4.90 Å². The molecule has 1 heterocycles. The van der Waals surface area contributed by atoms with Gasteiger partial charge in [0.1, 0.15) is 5.78 Å². The molecule has 0 aromatic heterocycles. The number of carbonyl (C=O) groups is 4. The Morgan fingerprint density at radius 3 is 2.41 bits per heavy atom. The number of fused-ring (bicyclic) bond motifs is 1. The van der Waals surface area contributed by atoms with Gasteiger partial charge < -0.3 is 10.5 Å². The molecule has 2 N–H and O–H groups in total. The minimum Gasteiger partial charge on any atom is -0.326 e. The zero-order chi connectivity index (χ0) is 16.4. The molecular weight excluding hydrogens is 284 g/mol. The number of nitrogens with zero attached hydrogens (tertiary/aromatic N) is 1. The van der Waals surface area contributed by atoms with Crippen molar-refractivity contribution in [3.63, 3.8) is 0 Å². The standard InChI is InChI=1S/C16H18N2O4/c1-9(19)6-7-13(10(2)20)18-15(21)12-5-3-4-11(8-17)14(12)16(18)22/h3-5,13H,6-8,17H2,1-2H3. The van der Waals surface area contributed by atoms with Crippen LogP contribution in [-0.4, -0.2) is 34.3 Å². The summed E-state index contributed by atoms with van der Waals surface area (Å²) >= 11 is 0. The molecule has 1 aromatic rings. The number of benzene rings is 1. The molecule has 0 fully saturated rings. The molecule has 116 valence electrons. The Balaban J connectivity index is 2.41. The summed E-state index contributed by atoms with van der Waals surface area (Å²) in [5.41, 5.74) is 6.73. The number of rotatable bonds is 6. The molecule has 1 unspecified atom stereocenters. The van der Waals surface area contributed by atoms with Crippen LogP contribution in [0.15, 0.2) is 18.2 Å². The summed E-state index contributed by atoms with van der Waals surface area (Å²) in [7, 11) is 0. The molecule has 2 amide bonds. The molecule has 0 radical (unpaired) electrons. The molecule has 6 nitrogen and oxygen atoms in total. The van der Waals surface area contributed by atoms with Crippen molar-refractivity contribution in [1.29, 1.82) is 0 Å². The van der Waals surface area contributed by atoms with E-state index in [1.54, 1.807) is 18.2 Å². The van der Waals surface area contributed by atoms with E-state index in [-0.39, 0.29) is 42.1 Å². The lowest BCUT2D eigenvalue weighted by Crippen LogP contribution is -2.44. The van der Waals surface area contributed by atoms with Gasteiger partial charge in [-0.1, -0.05) is 12.1 Å². The number of Topliss-reactive ketones (excluding diaryl/α,β-unsaturated/α-hetero) is 2. The highest BCUT2D eigenvalue weighted by Gasteiger charge is 2.42. The molecule has 1 aromatic carbocycles. The van der Waals surface area contributed by atoms with Gasteiger partial charge in [0.05, 0.1) is 17.2 Å². The second kappa shape index (κ2) is 6.19. The Morgan fingerprint density at radius 1 is 1.18 bits per heavy atom. The maximum absolute atomic E-state index is 12.6. The van der Waals surface area contributed by atoms with Gasteiger partial charge in [-0.15, -0.1) is 0 Å². The highest BCUT2D eigenvalue weighted by atomic mass is 16.2. The van der Waals surface area contributed by atoms with Gasteiger partial charge >= 0.3 is 0 Å². The summed E-state index contributed by atoms with van der Waals surface area (Å²) in [6, 6.07) is 3.98. The summed E-state index contributed by atoms with van der Waals surface area (Å²) in [5, 5.41) is 0. The third kappa shape index (κ3) is 2.69. The Hall–Kier alpha value is -2.34. The first-order valence-electron chi connectivity index (χ1n) is 7.08. The smallest absolute Gasteiger partial charge is 0.262 e. The molecule has 1 atom stereocenters. The highest BCUT2D eigenvalue weighted by molar-refractivity contribution is 6.23. The summed E-state index contributed by atoms with van der Waals surface area (Å²) < 4.78 is 0. The lowest BCUT2D eigenvalue weighted by atomic mass is 10.0. The van der Waals surface area contributed by atoms with E-state index in [2.05, 4.69) is 0 Å². The van der Waals surface area contributed by atoms with E-state index in [9.17, 15) is 19.2 Å². The first kappa shape index (κ1) is 16.0. The lowest BCUT2D eigenvalue weighted by Gasteiger charge is -2.23. The van der Waals surface area contributed by atoms with Crippen molar-refractivity contribution in [2.75, 3.05) is 0 Å². The Labute approximate surface area is 128 Å². The maximum atomic E-state index is 12.6. The molecular formula is C16H18N2O4. The van der Waals surface area contributed by atoms with Gasteiger partial charge in [-0.25, -0.2) is 0 Å². The first-order chi connectivity index (χ1) is 10.4. The molecule has 1 aliphatic rings. The predicted molar refractivity (Wildman–Crippen MR) is 79.2 cm³/mol. The van der Waals surface area contributed by atoms with Gasteiger partial charge in [0.2, 0.25) is 0 Å². The van der Waals surface area contributed by atoms with Crippen LogP contribution < -0.4 is 5.73 Å². The molecule has 2 rings (SSSR count). The number of amides is 2. The summed E-state index contributed by atoms with van der Waals surface area (Å²) in [5.74, 6) is -1.42. The van der Waals surface area contributed by atoms with Crippen molar-refractivity contribution in [2.24, 2.45) is 5.73 Å². The summed E-state index contributed by atoms with van der Waals surface area (Å²) in [6.45, 7) is 2.86. The average molecular weight is 302 g/mol. The van der Waals surface area contributed by atoms with Crippen LogP contribution in [0.3, 0.4) is 0 Å². The van der Waals surface area contributed by atoms with Crippen LogP contribution in [-0.2, 0) is 16.1 Å². The lowest BCUT2D eigenvalue weighted by molar-refractivity contribution is -0.121. The molecule has 0 bridgehead atoms. The van der Waals surface area contributed by atoms with Crippen molar-refractivity contribution < 1.29 is 19.2 Å². The summed E-state index contributed by atoms with van der Waals surface area (Å²) in [4.78, 5) is 49.1. The third-order valence-corrected chi connectivity index (χ3v) is 3.80. The van der Waals surface area contributed by atoms with Gasteiger partial charge in [0.25, 0.3) is 11.8 Å². The third-order valence-electron chi connectivity index (χ3n) is 3.80. The SMILES string of the molecule is CC(=O)CCC(C(C)=O)N1C(=O)c2cccc(CN)c2C1=O. The van der Waals surface area contributed by atoms with Crippen molar-refractivity contribution in [3.8, 4) is 0 Å². The van der Waals surface area contributed by atoms with Gasteiger partial charge in [-0.05, 0) is 31.9 Å². The predicted octanol–water partition coefficient (Wildman–Crippen LogP) is 1.07. The molecule has 0 saturated heterocycles. The van der Waals surface area contributed by atoms with Crippen LogP contribution in [0.25, 0.3) is 0 Å². The molecule has 1 aliphatic heterocycles. The molecule has 22 heavy (non-hydrogen) atoms. The van der Waals surface area contributed by atoms with Crippen LogP contribution in [0.5, 0.6) is 0 Å². The fourth-order valence-electron chi connectivity index (χ4n) is 2.68. The van der Waals surface area contributed by atoms with Crippen LogP contribution in [0, 0.1) is 0 Å². The Kier molecular flexibility index (Phi) is 4.51. The number of hydrogen-bond donors (Lipinski definition) is 1. The molecule has 0 saturated carbocycles. The zero-order valence-corrected chi connectivity index (χ0v) is 12.6. The van der Waals surface area contributed by atoms with Crippen molar-refractivity contribution in [3.05, 3.63) is 34.9 Å². The van der Waals surface area contributed by atoms with Crippen molar-refractivity contribution in [2.45, 2.75) is 39.3 Å². The van der Waals surface area contributed by atoms with Crippen LogP contribution in [0.4, 0.5) is 0 Å². The second-order valence-electron chi connectivity index (χ2n) is 5.39. The van der Waals surface area contributed by atoms with E-state index in [1.165, 1.54) is 13.8 Å². The van der Waals surface area contributed by atoms with Gasteiger partial charge in [-0.3, -0.25) is 19.3 Å². The summed E-state index contributed by atoms with van der Waals surface area (Å²) in [6.07, 6.45) is 0.287. The van der Waals surface area contributed by atoms with Crippen LogP contribution >= 0.6 is 0 Å². The van der Waals surface area contributed by atoms with E-state index in [0.29, 0.717) is 5.56 Å². The minimum atomic E-state index is -0.915.